The SMILES string of the molecule is CN(C)c1ccc2c(c1OCC(=O)OC(C)(C)C)CN(C1CCC(=O)NC1=O)C2=O. The maximum absolute atomic E-state index is 13.0. The molecule has 0 bridgehead atoms. The predicted octanol–water partition coefficient (Wildman–Crippen LogP) is 1.23. The first-order valence-corrected chi connectivity index (χ1v) is 9.80. The summed E-state index contributed by atoms with van der Waals surface area (Å²) in [6.07, 6.45) is 0.459. The number of anilines is 1. The molecule has 0 spiro atoms. The predicted molar refractivity (Wildman–Crippen MR) is 108 cm³/mol. The van der Waals surface area contributed by atoms with Gasteiger partial charge in [-0.1, -0.05) is 0 Å². The van der Waals surface area contributed by atoms with Gasteiger partial charge in [0.2, 0.25) is 11.8 Å². The van der Waals surface area contributed by atoms with Crippen molar-refractivity contribution >= 4 is 29.4 Å². The monoisotopic (exact) mass is 417 g/mol. The number of carbonyl (C=O) groups excluding carboxylic acids is 4. The fourth-order valence-electron chi connectivity index (χ4n) is 3.62. The normalized spacial score (nSPS) is 18.8. The lowest BCUT2D eigenvalue weighted by molar-refractivity contribution is -0.157. The van der Waals surface area contributed by atoms with E-state index < -0.39 is 23.5 Å². The van der Waals surface area contributed by atoms with Crippen molar-refractivity contribution < 1.29 is 28.7 Å². The molecule has 0 saturated carbocycles. The number of amides is 3. The molecule has 2 heterocycles. The quantitative estimate of drug-likeness (QED) is 0.567. The first-order valence-electron chi connectivity index (χ1n) is 9.80. The van der Waals surface area contributed by atoms with E-state index in [1.807, 2.05) is 19.0 Å². The van der Waals surface area contributed by atoms with Gasteiger partial charge < -0.3 is 19.3 Å². The number of ether oxygens (including phenoxy) is 2. The summed E-state index contributed by atoms with van der Waals surface area (Å²) in [6.45, 7) is 5.17. The minimum atomic E-state index is -0.718. The van der Waals surface area contributed by atoms with Crippen LogP contribution in [0.3, 0.4) is 0 Å². The van der Waals surface area contributed by atoms with E-state index in [1.54, 1.807) is 32.9 Å². The van der Waals surface area contributed by atoms with E-state index in [-0.39, 0.29) is 37.8 Å². The van der Waals surface area contributed by atoms with Gasteiger partial charge in [-0.3, -0.25) is 19.7 Å². The Morgan fingerprint density at radius 1 is 1.23 bits per heavy atom. The van der Waals surface area contributed by atoms with Gasteiger partial charge in [-0.15, -0.1) is 0 Å². The van der Waals surface area contributed by atoms with Gasteiger partial charge in [0.05, 0.1) is 12.2 Å². The van der Waals surface area contributed by atoms with Gasteiger partial charge in [0.1, 0.15) is 17.4 Å². The number of esters is 1. The Hall–Kier alpha value is -3.10. The first-order chi connectivity index (χ1) is 14.0. The summed E-state index contributed by atoms with van der Waals surface area (Å²) in [5, 5.41) is 2.29. The fraction of sp³-hybridized carbons (Fsp3) is 0.524. The van der Waals surface area contributed by atoms with Crippen LogP contribution < -0.4 is 15.0 Å². The Labute approximate surface area is 175 Å². The summed E-state index contributed by atoms with van der Waals surface area (Å²) in [4.78, 5) is 52.1. The molecule has 1 atom stereocenters. The Kier molecular flexibility index (Phi) is 5.74. The average Bonchev–Trinajstić information content (AvgIpc) is 2.95. The van der Waals surface area contributed by atoms with Crippen molar-refractivity contribution in [1.82, 2.24) is 10.2 Å². The maximum Gasteiger partial charge on any atom is 0.344 e. The van der Waals surface area contributed by atoms with Gasteiger partial charge in [0, 0.05) is 31.6 Å². The minimum Gasteiger partial charge on any atom is -0.479 e. The van der Waals surface area contributed by atoms with Gasteiger partial charge in [0.25, 0.3) is 5.91 Å². The second-order valence-corrected chi connectivity index (χ2v) is 8.61. The number of imide groups is 1. The van der Waals surface area contributed by atoms with Gasteiger partial charge >= 0.3 is 5.97 Å². The molecule has 1 fully saturated rings. The lowest BCUT2D eigenvalue weighted by Crippen LogP contribution is -2.52. The molecule has 1 saturated heterocycles. The van der Waals surface area contributed by atoms with Crippen molar-refractivity contribution in [3.63, 3.8) is 0 Å². The molecule has 2 aliphatic rings. The highest BCUT2D eigenvalue weighted by molar-refractivity contribution is 6.06. The van der Waals surface area contributed by atoms with Gasteiger partial charge in [-0.2, -0.15) is 0 Å². The second kappa shape index (κ2) is 7.97. The van der Waals surface area contributed by atoms with Crippen LogP contribution in [0.15, 0.2) is 12.1 Å². The van der Waals surface area contributed by atoms with Crippen LogP contribution in [0.5, 0.6) is 5.75 Å². The van der Waals surface area contributed by atoms with Gasteiger partial charge in [-0.05, 0) is 39.3 Å². The minimum absolute atomic E-state index is 0.159. The summed E-state index contributed by atoms with van der Waals surface area (Å²) in [6, 6.07) is 2.72. The van der Waals surface area contributed by atoms with Crippen molar-refractivity contribution in [3.8, 4) is 5.75 Å². The van der Waals surface area contributed by atoms with Crippen molar-refractivity contribution in [3.05, 3.63) is 23.3 Å². The summed E-state index contributed by atoms with van der Waals surface area (Å²) in [5.74, 6) is -1.22. The van der Waals surface area contributed by atoms with Crippen molar-refractivity contribution in [2.75, 3.05) is 25.6 Å². The number of hydrogen-bond acceptors (Lipinski definition) is 7. The molecule has 3 amide bonds. The lowest BCUT2D eigenvalue weighted by Gasteiger charge is -2.29. The van der Waals surface area contributed by atoms with Crippen molar-refractivity contribution in [2.45, 2.75) is 51.8 Å². The van der Waals surface area contributed by atoms with Crippen molar-refractivity contribution in [2.24, 2.45) is 0 Å². The van der Waals surface area contributed by atoms with Crippen LogP contribution in [-0.4, -0.2) is 60.9 Å². The summed E-state index contributed by atoms with van der Waals surface area (Å²) < 4.78 is 11.1. The smallest absolute Gasteiger partial charge is 0.344 e. The molecule has 3 rings (SSSR count). The standard InChI is InChI=1S/C21H27N3O6/c1-21(2,3)30-17(26)11-29-18-13-10-24(15-8-9-16(25)22-19(15)27)20(28)12(13)6-7-14(18)23(4)5/h6-7,15H,8-11H2,1-5H3,(H,22,25,27). The highest BCUT2D eigenvalue weighted by Gasteiger charge is 2.41. The maximum atomic E-state index is 13.0. The number of benzene rings is 1. The molecule has 1 aromatic carbocycles. The van der Waals surface area contributed by atoms with E-state index in [9.17, 15) is 19.2 Å². The van der Waals surface area contributed by atoms with Gasteiger partial charge in [0.15, 0.2) is 6.61 Å². The third kappa shape index (κ3) is 4.39. The largest absolute Gasteiger partial charge is 0.479 e. The Morgan fingerprint density at radius 3 is 2.53 bits per heavy atom. The van der Waals surface area contributed by atoms with Crippen LogP contribution in [0.25, 0.3) is 0 Å². The molecule has 0 aromatic heterocycles. The summed E-state index contributed by atoms with van der Waals surface area (Å²) in [7, 11) is 3.66. The van der Waals surface area contributed by atoms with Crippen LogP contribution in [-0.2, 0) is 25.7 Å². The second-order valence-electron chi connectivity index (χ2n) is 8.61. The molecule has 1 N–H and O–H groups in total. The first kappa shape index (κ1) is 21.6. The van der Waals surface area contributed by atoms with E-state index in [4.69, 9.17) is 9.47 Å². The number of hydrogen-bond donors (Lipinski definition) is 1. The lowest BCUT2D eigenvalue weighted by atomic mass is 10.0. The van der Waals surface area contributed by atoms with E-state index >= 15 is 0 Å². The zero-order valence-electron chi connectivity index (χ0n) is 17.9. The van der Waals surface area contributed by atoms with Crippen LogP contribution in [0.4, 0.5) is 5.69 Å². The molecular formula is C21H27N3O6. The van der Waals surface area contributed by atoms with E-state index in [0.29, 0.717) is 22.6 Å². The van der Waals surface area contributed by atoms with Crippen LogP contribution in [0.1, 0.15) is 49.5 Å². The zero-order chi connectivity index (χ0) is 22.2. The molecule has 2 aliphatic heterocycles. The molecule has 0 aliphatic carbocycles. The van der Waals surface area contributed by atoms with E-state index in [2.05, 4.69) is 5.32 Å². The van der Waals surface area contributed by atoms with Gasteiger partial charge in [-0.25, -0.2) is 4.79 Å². The van der Waals surface area contributed by atoms with Crippen molar-refractivity contribution in [1.29, 1.82) is 0 Å². The number of rotatable bonds is 5. The van der Waals surface area contributed by atoms with Crippen LogP contribution in [0.2, 0.25) is 0 Å². The summed E-state index contributed by atoms with van der Waals surface area (Å²) in [5.41, 5.74) is 1.10. The molecule has 9 heteroatoms. The van der Waals surface area contributed by atoms with E-state index in [1.165, 1.54) is 4.90 Å². The average molecular weight is 417 g/mol. The third-order valence-corrected chi connectivity index (χ3v) is 4.88. The Morgan fingerprint density at radius 2 is 1.93 bits per heavy atom. The summed E-state index contributed by atoms with van der Waals surface area (Å²) >= 11 is 0. The third-order valence-electron chi connectivity index (χ3n) is 4.88. The molecule has 1 unspecified atom stereocenters. The Balaban J connectivity index is 1.87. The number of carbonyl (C=O) groups is 4. The number of piperidine rings is 1. The number of nitrogens with one attached hydrogen (secondary N) is 1. The molecular weight excluding hydrogens is 390 g/mol. The van der Waals surface area contributed by atoms with Crippen LogP contribution >= 0.6 is 0 Å². The Bertz CT molecular complexity index is 903. The molecule has 9 nitrogen and oxygen atoms in total. The number of nitrogens with zero attached hydrogens (tertiary/aromatic N) is 2. The molecule has 30 heavy (non-hydrogen) atoms. The van der Waals surface area contributed by atoms with E-state index in [0.717, 1.165) is 0 Å². The topological polar surface area (TPSA) is 105 Å². The molecule has 162 valence electrons. The zero-order valence-corrected chi connectivity index (χ0v) is 17.9. The number of fused-ring (bicyclic) bond motifs is 1. The molecule has 1 aromatic rings. The molecule has 0 radical (unpaired) electrons. The fourth-order valence-corrected chi connectivity index (χ4v) is 3.62. The highest BCUT2D eigenvalue weighted by atomic mass is 16.6. The van der Waals surface area contributed by atoms with Crippen LogP contribution in [0, 0.1) is 0 Å². The highest BCUT2D eigenvalue weighted by Crippen LogP contribution is 2.39.